The smallest absolute Gasteiger partial charge is 0.265 e. The molecule has 0 N–H and O–H groups in total. The molecule has 2 heterocycles. The van der Waals surface area contributed by atoms with Gasteiger partial charge in [0.05, 0.1) is 16.6 Å². The Morgan fingerprint density at radius 3 is 1.33 bits per heavy atom. The van der Waals surface area contributed by atoms with Crippen LogP contribution in [0.3, 0.4) is 0 Å². The molecule has 7 aromatic rings. The molecular formula is C39H26N2O. The van der Waals surface area contributed by atoms with E-state index < -0.39 is 0 Å². The van der Waals surface area contributed by atoms with Crippen molar-refractivity contribution in [3.63, 3.8) is 0 Å². The van der Waals surface area contributed by atoms with E-state index in [0.717, 1.165) is 66.7 Å². The monoisotopic (exact) mass is 538 g/mol. The number of benzene rings is 6. The summed E-state index contributed by atoms with van der Waals surface area (Å²) in [6.45, 7) is 2.05. The molecule has 0 unspecified atom stereocenters. The molecule has 0 saturated carbocycles. The van der Waals surface area contributed by atoms with Crippen LogP contribution in [0.15, 0.2) is 140 Å². The van der Waals surface area contributed by atoms with Gasteiger partial charge in [-0.25, -0.2) is 4.98 Å². The Balaban J connectivity index is 1.65. The third kappa shape index (κ3) is 3.60. The number of nitrogens with zero attached hydrogens (tertiary/aromatic N) is 2. The average molecular weight is 539 g/mol. The molecule has 0 amide bonds. The van der Waals surface area contributed by atoms with E-state index >= 15 is 0 Å². The van der Waals surface area contributed by atoms with Crippen LogP contribution in [0.4, 0.5) is 0 Å². The van der Waals surface area contributed by atoms with E-state index in [1.165, 1.54) is 0 Å². The second-order valence-electron chi connectivity index (χ2n) is 10.8. The third-order valence-electron chi connectivity index (χ3n) is 8.20. The molecule has 0 radical (unpaired) electrons. The first-order valence-corrected chi connectivity index (χ1v) is 14.2. The van der Waals surface area contributed by atoms with E-state index in [0.29, 0.717) is 11.4 Å². The summed E-state index contributed by atoms with van der Waals surface area (Å²) in [7, 11) is 0. The van der Waals surface area contributed by atoms with Crippen LogP contribution in [-0.2, 0) is 0 Å². The molecule has 42 heavy (non-hydrogen) atoms. The van der Waals surface area contributed by atoms with Crippen molar-refractivity contribution >= 4 is 16.9 Å². The number of carbonyl (C=O) groups excluding carboxylic acids is 1. The molecular weight excluding hydrogens is 512 g/mol. The minimum atomic E-state index is -0.0408. The van der Waals surface area contributed by atoms with Gasteiger partial charge in [-0.1, -0.05) is 127 Å². The lowest BCUT2D eigenvalue weighted by Gasteiger charge is -2.24. The fourth-order valence-corrected chi connectivity index (χ4v) is 6.43. The molecule has 0 aliphatic carbocycles. The predicted molar refractivity (Wildman–Crippen MR) is 171 cm³/mol. The highest BCUT2D eigenvalue weighted by Gasteiger charge is 2.39. The summed E-state index contributed by atoms with van der Waals surface area (Å²) < 4.78 is 1.83. The number of aromatic nitrogens is 2. The van der Waals surface area contributed by atoms with Gasteiger partial charge in [0.1, 0.15) is 5.82 Å². The van der Waals surface area contributed by atoms with Crippen LogP contribution in [0.25, 0.3) is 66.9 Å². The van der Waals surface area contributed by atoms with Crippen molar-refractivity contribution in [1.82, 2.24) is 9.55 Å². The van der Waals surface area contributed by atoms with Crippen molar-refractivity contribution in [2.75, 3.05) is 0 Å². The number of imidazole rings is 1. The zero-order valence-electron chi connectivity index (χ0n) is 23.1. The molecule has 0 spiro atoms. The molecule has 1 aromatic heterocycles. The molecule has 198 valence electrons. The molecule has 0 saturated heterocycles. The molecule has 0 bridgehead atoms. The van der Waals surface area contributed by atoms with Gasteiger partial charge >= 0.3 is 0 Å². The summed E-state index contributed by atoms with van der Waals surface area (Å²) in [6.07, 6.45) is 0. The van der Waals surface area contributed by atoms with Gasteiger partial charge in [0.15, 0.2) is 0 Å². The van der Waals surface area contributed by atoms with E-state index in [-0.39, 0.29) is 5.91 Å². The zero-order valence-corrected chi connectivity index (χ0v) is 23.1. The molecule has 6 aromatic carbocycles. The maximum Gasteiger partial charge on any atom is 0.265 e. The highest BCUT2D eigenvalue weighted by Crippen LogP contribution is 2.55. The van der Waals surface area contributed by atoms with Crippen molar-refractivity contribution in [1.29, 1.82) is 0 Å². The summed E-state index contributed by atoms with van der Waals surface area (Å²) in [5.74, 6) is 0.657. The summed E-state index contributed by atoms with van der Waals surface area (Å²) in [6, 6.07) is 47.9. The van der Waals surface area contributed by atoms with E-state index in [1.807, 2.05) is 47.0 Å². The van der Waals surface area contributed by atoms with Crippen LogP contribution < -0.4 is 0 Å². The second kappa shape index (κ2) is 9.53. The van der Waals surface area contributed by atoms with E-state index in [1.54, 1.807) is 0 Å². The lowest BCUT2D eigenvalue weighted by Crippen LogP contribution is -2.09. The quantitative estimate of drug-likeness (QED) is 0.224. The highest BCUT2D eigenvalue weighted by atomic mass is 16.2. The Morgan fingerprint density at radius 2 is 0.881 bits per heavy atom. The van der Waals surface area contributed by atoms with Crippen LogP contribution in [0.2, 0.25) is 0 Å². The number of rotatable bonds is 4. The largest absolute Gasteiger partial charge is 0.268 e. The van der Waals surface area contributed by atoms with Crippen LogP contribution in [0.1, 0.15) is 15.9 Å². The van der Waals surface area contributed by atoms with E-state index in [9.17, 15) is 4.79 Å². The van der Waals surface area contributed by atoms with Crippen LogP contribution in [0.5, 0.6) is 0 Å². The van der Waals surface area contributed by atoms with Crippen molar-refractivity contribution in [2.24, 2.45) is 0 Å². The Kier molecular flexibility index (Phi) is 5.51. The summed E-state index contributed by atoms with van der Waals surface area (Å²) in [5, 5.41) is 0. The van der Waals surface area contributed by atoms with Gasteiger partial charge in [0.25, 0.3) is 5.91 Å². The number of hydrogen-bond donors (Lipinski definition) is 0. The topological polar surface area (TPSA) is 34.9 Å². The van der Waals surface area contributed by atoms with Gasteiger partial charge in [-0.3, -0.25) is 9.36 Å². The van der Waals surface area contributed by atoms with Gasteiger partial charge in [0.2, 0.25) is 0 Å². The standard InChI is InChI=1S/C39H26N2O/c1-25-22-23-30-31(24-25)41-38(40-30)36-34(28-18-10-4-11-19-28)32(26-14-6-2-7-15-26)33(27-16-8-3-9-17-27)35(37(36)39(41)42)29-20-12-5-13-21-29/h2-24H,1H3. The first-order valence-electron chi connectivity index (χ1n) is 14.2. The average Bonchev–Trinajstić information content (AvgIpc) is 3.56. The maximum absolute atomic E-state index is 14.8. The Labute approximate surface area is 244 Å². The maximum atomic E-state index is 14.8. The van der Waals surface area contributed by atoms with Gasteiger partial charge in [0, 0.05) is 16.7 Å². The van der Waals surface area contributed by atoms with Gasteiger partial charge in [-0.15, -0.1) is 0 Å². The molecule has 8 rings (SSSR count). The Bertz CT molecular complexity index is 2130. The number of fused-ring (bicyclic) bond motifs is 5. The number of aryl methyl sites for hydroxylation is 1. The first kappa shape index (κ1) is 24.3. The van der Waals surface area contributed by atoms with Gasteiger partial charge in [-0.2, -0.15) is 0 Å². The van der Waals surface area contributed by atoms with Crippen LogP contribution in [-0.4, -0.2) is 15.5 Å². The molecule has 1 aliphatic heterocycles. The molecule has 0 atom stereocenters. The molecule has 0 fully saturated rings. The minimum Gasteiger partial charge on any atom is -0.268 e. The van der Waals surface area contributed by atoms with Crippen molar-refractivity contribution in [3.8, 4) is 55.9 Å². The molecule has 1 aliphatic rings. The van der Waals surface area contributed by atoms with Gasteiger partial charge in [-0.05, 0) is 58.0 Å². The van der Waals surface area contributed by atoms with Crippen molar-refractivity contribution in [2.45, 2.75) is 6.92 Å². The first-order chi connectivity index (χ1) is 20.7. The second-order valence-corrected chi connectivity index (χ2v) is 10.8. The normalized spacial score (nSPS) is 12.0. The summed E-state index contributed by atoms with van der Waals surface area (Å²) in [4.78, 5) is 19.9. The summed E-state index contributed by atoms with van der Waals surface area (Å²) in [5.41, 5.74) is 12.6. The number of carbonyl (C=O) groups is 1. The van der Waals surface area contributed by atoms with E-state index in [4.69, 9.17) is 4.98 Å². The SMILES string of the molecule is Cc1ccc2nc3n(c2c1)C(=O)c1c(-c2ccccc2)c(-c2ccccc2)c(-c2ccccc2)c(-c2ccccc2)c1-3. The number of hydrogen-bond acceptors (Lipinski definition) is 2. The van der Waals surface area contributed by atoms with Crippen molar-refractivity contribution in [3.05, 3.63) is 151 Å². The third-order valence-corrected chi connectivity index (χ3v) is 8.20. The Morgan fingerprint density at radius 1 is 0.476 bits per heavy atom. The zero-order chi connectivity index (χ0) is 28.2. The highest BCUT2D eigenvalue weighted by molar-refractivity contribution is 6.24. The summed E-state index contributed by atoms with van der Waals surface area (Å²) >= 11 is 0. The fraction of sp³-hybridized carbons (Fsp3) is 0.0256. The molecule has 3 nitrogen and oxygen atoms in total. The van der Waals surface area contributed by atoms with Crippen LogP contribution >= 0.6 is 0 Å². The lowest BCUT2D eigenvalue weighted by molar-refractivity contribution is 0.0974. The Hall–Kier alpha value is -5.54. The van der Waals surface area contributed by atoms with Gasteiger partial charge < -0.3 is 0 Å². The lowest BCUT2D eigenvalue weighted by atomic mass is 9.77. The van der Waals surface area contributed by atoms with E-state index in [2.05, 4.69) is 104 Å². The minimum absolute atomic E-state index is 0.0408. The predicted octanol–water partition coefficient (Wildman–Crippen LogP) is 9.68. The van der Waals surface area contributed by atoms with Crippen molar-refractivity contribution < 1.29 is 4.79 Å². The van der Waals surface area contributed by atoms with Crippen LogP contribution in [0, 0.1) is 6.92 Å². The molecule has 3 heteroatoms. The fourth-order valence-electron chi connectivity index (χ4n) is 6.43.